The number of benzene rings is 2. The quantitative estimate of drug-likeness (QED) is 0.372. The molecule has 25 heavy (non-hydrogen) atoms. The Morgan fingerprint density at radius 3 is 2.36 bits per heavy atom. The Morgan fingerprint density at radius 1 is 1.24 bits per heavy atom. The Balaban J connectivity index is 2.44. The Bertz CT molecular complexity index is 772. The van der Waals surface area contributed by atoms with E-state index in [9.17, 15) is 9.90 Å². The molecule has 0 fully saturated rings. The molecule has 0 spiro atoms. The number of hydrogen-bond acceptors (Lipinski definition) is 4. The number of carboxylic acids is 1. The van der Waals surface area contributed by atoms with Gasteiger partial charge in [0.1, 0.15) is 0 Å². The summed E-state index contributed by atoms with van der Waals surface area (Å²) in [6.07, 6.45) is 0.291. The molecule has 0 aliphatic carbocycles. The van der Waals surface area contributed by atoms with E-state index < -0.39 is 30.4 Å². The van der Waals surface area contributed by atoms with Gasteiger partial charge in [0.2, 0.25) is 0 Å². The van der Waals surface area contributed by atoms with E-state index in [0.717, 1.165) is 14.9 Å². The Labute approximate surface area is 165 Å². The average Bonchev–Trinajstić information content (AvgIpc) is 2.50. The fourth-order valence-electron chi connectivity index (χ4n) is 2.40. The third-order valence-corrected chi connectivity index (χ3v) is 10.2. The van der Waals surface area contributed by atoms with Crippen LogP contribution in [0.25, 0.3) is 0 Å². The summed E-state index contributed by atoms with van der Waals surface area (Å²) in [5, 5.41) is 18.5. The summed E-state index contributed by atoms with van der Waals surface area (Å²) >= 11 is -0.326. The number of phenolic OH excluding ortho intramolecular Hbond substituents is 1. The molecule has 134 valence electrons. The number of ether oxygens (including phenoxy) is 1. The monoisotopic (exact) mass is 563 g/mol. The Kier molecular flexibility index (Phi) is 6.61. The SMILES string of the molecule is [CH3][Sn]([CH3])([CH3])[c]1cc(C[C@H](N)C(=O)O)cc(I)c1Oc1ccc(O)cc1. The Morgan fingerprint density at radius 2 is 1.84 bits per heavy atom. The summed E-state index contributed by atoms with van der Waals surface area (Å²) in [5.41, 5.74) is 6.61. The van der Waals surface area contributed by atoms with Gasteiger partial charge in [-0.05, 0) is 0 Å². The van der Waals surface area contributed by atoms with Crippen molar-refractivity contribution in [2.45, 2.75) is 27.3 Å². The molecule has 2 aromatic rings. The van der Waals surface area contributed by atoms with Crippen molar-refractivity contribution in [3.8, 4) is 17.2 Å². The summed E-state index contributed by atoms with van der Waals surface area (Å²) in [6.45, 7) is 0. The molecule has 0 bridgehead atoms. The van der Waals surface area contributed by atoms with Gasteiger partial charge >= 0.3 is 166 Å². The zero-order valence-corrected chi connectivity index (χ0v) is 19.4. The molecule has 4 N–H and O–H groups in total. The van der Waals surface area contributed by atoms with Crippen LogP contribution >= 0.6 is 22.6 Å². The number of carboxylic acid groups (broad SMARTS) is 1. The third kappa shape index (κ3) is 5.49. The van der Waals surface area contributed by atoms with Crippen molar-refractivity contribution >= 4 is 50.5 Å². The number of carbonyl (C=O) groups is 1. The van der Waals surface area contributed by atoms with Crippen molar-refractivity contribution < 1.29 is 19.7 Å². The number of rotatable bonds is 6. The van der Waals surface area contributed by atoms with Crippen LogP contribution in [-0.4, -0.2) is 40.6 Å². The van der Waals surface area contributed by atoms with Crippen molar-refractivity contribution in [1.29, 1.82) is 0 Å². The topological polar surface area (TPSA) is 92.8 Å². The molecule has 0 unspecified atom stereocenters. The minimum atomic E-state index is -2.55. The molecule has 0 saturated heterocycles. The van der Waals surface area contributed by atoms with Crippen LogP contribution in [0.15, 0.2) is 36.4 Å². The first-order valence-electron chi connectivity index (χ1n) is 7.86. The van der Waals surface area contributed by atoms with Crippen LogP contribution in [0.2, 0.25) is 14.8 Å². The molecule has 5 nitrogen and oxygen atoms in total. The number of hydrogen-bond donors (Lipinski definition) is 3. The van der Waals surface area contributed by atoms with Crippen LogP contribution in [0.5, 0.6) is 17.2 Å². The minimum absolute atomic E-state index is 0.190. The molecule has 0 radical (unpaired) electrons. The van der Waals surface area contributed by atoms with E-state index in [1.54, 1.807) is 24.3 Å². The van der Waals surface area contributed by atoms with Crippen molar-refractivity contribution in [3.63, 3.8) is 0 Å². The fraction of sp³-hybridized carbons (Fsp3) is 0.278. The predicted octanol–water partition coefficient (Wildman–Crippen LogP) is 3.29. The van der Waals surface area contributed by atoms with Gasteiger partial charge in [-0.15, -0.1) is 0 Å². The predicted molar refractivity (Wildman–Crippen MR) is 110 cm³/mol. The van der Waals surface area contributed by atoms with Crippen molar-refractivity contribution in [2.24, 2.45) is 5.73 Å². The van der Waals surface area contributed by atoms with Gasteiger partial charge in [-0.1, -0.05) is 0 Å². The maximum atomic E-state index is 11.0. The van der Waals surface area contributed by atoms with E-state index in [1.807, 2.05) is 6.07 Å². The number of phenols is 1. The number of aliphatic carboxylic acids is 1. The summed E-state index contributed by atoms with van der Waals surface area (Å²) in [4.78, 5) is 17.9. The normalized spacial score (nSPS) is 12.7. The van der Waals surface area contributed by atoms with Crippen LogP contribution in [0.3, 0.4) is 0 Å². The molecule has 1 atom stereocenters. The second-order valence-corrected chi connectivity index (χ2v) is 22.5. The first-order chi connectivity index (χ1) is 11.6. The van der Waals surface area contributed by atoms with Gasteiger partial charge in [-0.3, -0.25) is 0 Å². The summed E-state index contributed by atoms with van der Waals surface area (Å²) in [7, 11) is 0. The van der Waals surface area contributed by atoms with Gasteiger partial charge in [-0.2, -0.15) is 0 Å². The van der Waals surface area contributed by atoms with E-state index in [1.165, 1.54) is 3.58 Å². The van der Waals surface area contributed by atoms with E-state index >= 15 is 0 Å². The molecule has 0 saturated carbocycles. The van der Waals surface area contributed by atoms with Crippen LogP contribution in [0.1, 0.15) is 5.56 Å². The molecule has 0 amide bonds. The standard InChI is InChI=1S/C15H13INO4.3CH3.Sn/c16-12-7-9(8-13(17)15(19)20)1-6-14(12)21-11-4-2-10(18)3-5-11;;;;/h1-5,7,13,18H,8,17H2,(H,19,20);3*1H3;/t13-;;;;/m0..../s1. The second kappa shape index (κ2) is 8.13. The van der Waals surface area contributed by atoms with Gasteiger partial charge in [0.25, 0.3) is 0 Å². The van der Waals surface area contributed by atoms with Crippen molar-refractivity contribution in [2.75, 3.05) is 0 Å². The van der Waals surface area contributed by atoms with Crippen LogP contribution in [0.4, 0.5) is 0 Å². The van der Waals surface area contributed by atoms with Crippen molar-refractivity contribution in [1.82, 2.24) is 0 Å². The molecule has 2 rings (SSSR count). The van der Waals surface area contributed by atoms with E-state index in [-0.39, 0.29) is 5.75 Å². The third-order valence-electron chi connectivity index (χ3n) is 3.74. The van der Waals surface area contributed by atoms with E-state index in [2.05, 4.69) is 43.5 Å². The number of nitrogens with two attached hydrogens (primary N) is 1. The summed E-state index contributed by atoms with van der Waals surface area (Å²) in [5.74, 6) is 0.667. The molecule has 0 aliphatic rings. The molecule has 0 heterocycles. The van der Waals surface area contributed by atoms with Gasteiger partial charge in [0, 0.05) is 0 Å². The van der Waals surface area contributed by atoms with Gasteiger partial charge < -0.3 is 0 Å². The van der Waals surface area contributed by atoms with E-state index in [4.69, 9.17) is 15.6 Å². The summed E-state index contributed by atoms with van der Waals surface area (Å²) in [6, 6.07) is 9.69. The van der Waals surface area contributed by atoms with Gasteiger partial charge in [0.05, 0.1) is 0 Å². The van der Waals surface area contributed by atoms with Gasteiger partial charge in [0.15, 0.2) is 0 Å². The van der Waals surface area contributed by atoms with Crippen LogP contribution < -0.4 is 14.0 Å². The molecule has 0 aliphatic heterocycles. The molecule has 7 heteroatoms. The molecule has 2 aromatic carbocycles. The zero-order valence-electron chi connectivity index (χ0n) is 14.4. The van der Waals surface area contributed by atoms with Gasteiger partial charge in [-0.25, -0.2) is 0 Å². The first kappa shape index (κ1) is 20.3. The molecule has 0 aromatic heterocycles. The molecular weight excluding hydrogens is 540 g/mol. The number of aromatic hydroxyl groups is 1. The first-order valence-corrected chi connectivity index (χ1v) is 18.9. The number of halogens is 1. The fourth-order valence-corrected chi connectivity index (χ4v) is 8.17. The second-order valence-electron chi connectivity index (χ2n) is 6.95. The van der Waals surface area contributed by atoms with E-state index in [0.29, 0.717) is 12.2 Å². The average molecular weight is 562 g/mol. The maximum absolute atomic E-state index is 11.0. The summed E-state index contributed by atoms with van der Waals surface area (Å²) < 4.78 is 8.23. The van der Waals surface area contributed by atoms with Crippen LogP contribution in [0, 0.1) is 3.57 Å². The zero-order chi connectivity index (χ0) is 18.8. The Hall–Kier alpha value is -1.00. The molecular formula is C18H22INO4Sn. The van der Waals surface area contributed by atoms with Crippen LogP contribution in [-0.2, 0) is 11.2 Å². The van der Waals surface area contributed by atoms with Crippen molar-refractivity contribution in [3.05, 3.63) is 45.5 Å².